The molecular formula is C29H27F6N3O4. The molecule has 42 heavy (non-hydrogen) atoms. The number of aromatic nitrogens is 2. The number of ether oxygens (including phenoxy) is 2. The lowest BCUT2D eigenvalue weighted by atomic mass is 9.98. The van der Waals surface area contributed by atoms with Gasteiger partial charge in [-0.2, -0.15) is 26.3 Å². The van der Waals surface area contributed by atoms with Crippen LogP contribution < -0.4 is 4.90 Å². The van der Waals surface area contributed by atoms with Crippen molar-refractivity contribution in [3.05, 3.63) is 64.5 Å². The molecule has 1 saturated carbocycles. The molecule has 3 fully saturated rings. The van der Waals surface area contributed by atoms with Gasteiger partial charge in [-0.15, -0.1) is 0 Å². The van der Waals surface area contributed by atoms with Crippen LogP contribution in [0.25, 0.3) is 11.3 Å². The number of hydrogen-bond acceptors (Lipinski definition) is 7. The monoisotopic (exact) mass is 595 g/mol. The van der Waals surface area contributed by atoms with Crippen molar-refractivity contribution in [3.8, 4) is 11.3 Å². The first-order chi connectivity index (χ1) is 20.0. The van der Waals surface area contributed by atoms with Crippen molar-refractivity contribution in [1.29, 1.82) is 0 Å². The third-order valence-corrected chi connectivity index (χ3v) is 8.27. The number of halogens is 6. The third kappa shape index (κ3) is 5.34. The van der Waals surface area contributed by atoms with Crippen molar-refractivity contribution >= 4 is 11.8 Å². The topological polar surface area (TPSA) is 77.7 Å². The Kier molecular flexibility index (Phi) is 7.19. The lowest BCUT2D eigenvalue weighted by Gasteiger charge is -2.40. The summed E-state index contributed by atoms with van der Waals surface area (Å²) >= 11 is 0. The highest BCUT2D eigenvalue weighted by atomic mass is 19.4. The number of benzene rings is 1. The van der Waals surface area contributed by atoms with Crippen molar-refractivity contribution in [3.63, 3.8) is 0 Å². The molecule has 3 atom stereocenters. The summed E-state index contributed by atoms with van der Waals surface area (Å²) in [4.78, 5) is 18.0. The highest BCUT2D eigenvalue weighted by molar-refractivity contribution is 5.91. The number of carbonyl (C=O) groups is 1. The van der Waals surface area contributed by atoms with E-state index in [2.05, 4.69) is 14.9 Å². The molecule has 0 amide bonds. The molecular weight excluding hydrogens is 568 g/mol. The molecule has 1 unspecified atom stereocenters. The second kappa shape index (κ2) is 10.6. The van der Waals surface area contributed by atoms with E-state index in [1.54, 1.807) is 0 Å². The zero-order valence-electron chi connectivity index (χ0n) is 22.5. The SMILES string of the molecule is COC(=O)c1cnc(N2[C@@H]3CC[C@H]2CC(OCc2c(-c4ccccc4C(F)(F)F)noc2C2CC2)C3)cc1C(F)(F)F. The van der Waals surface area contributed by atoms with Crippen LogP contribution in [-0.2, 0) is 28.4 Å². The Morgan fingerprint density at radius 1 is 1.00 bits per heavy atom. The summed E-state index contributed by atoms with van der Waals surface area (Å²) in [6.45, 7) is 0.00522. The first-order valence-electron chi connectivity index (χ1n) is 13.7. The van der Waals surface area contributed by atoms with Crippen LogP contribution in [0.4, 0.5) is 32.2 Å². The van der Waals surface area contributed by atoms with Crippen LogP contribution in [0.5, 0.6) is 0 Å². The Hall–Kier alpha value is -3.61. The second-order valence-corrected chi connectivity index (χ2v) is 11.0. The summed E-state index contributed by atoms with van der Waals surface area (Å²) < 4.78 is 99.0. The summed E-state index contributed by atoms with van der Waals surface area (Å²) in [6.07, 6.45) is -4.59. The number of nitrogens with zero attached hydrogens (tertiary/aromatic N) is 3. The molecule has 1 aromatic carbocycles. The minimum absolute atomic E-state index is 0.00522. The van der Waals surface area contributed by atoms with E-state index in [4.69, 9.17) is 9.26 Å². The number of esters is 1. The smallest absolute Gasteiger partial charge is 0.417 e. The van der Waals surface area contributed by atoms with Crippen molar-refractivity contribution in [2.75, 3.05) is 12.0 Å². The van der Waals surface area contributed by atoms with Gasteiger partial charge in [0.15, 0.2) is 0 Å². The summed E-state index contributed by atoms with van der Waals surface area (Å²) in [5, 5.41) is 4.04. The summed E-state index contributed by atoms with van der Waals surface area (Å²) in [6, 6.07) is 5.81. The molecule has 2 aromatic heterocycles. The zero-order chi connectivity index (χ0) is 29.8. The van der Waals surface area contributed by atoms with E-state index in [1.165, 1.54) is 18.2 Å². The molecule has 7 nitrogen and oxygen atoms in total. The number of pyridine rings is 1. The molecule has 0 N–H and O–H groups in total. The molecule has 0 spiro atoms. The van der Waals surface area contributed by atoms with Gasteiger partial charge in [-0.25, -0.2) is 9.78 Å². The lowest BCUT2D eigenvalue weighted by molar-refractivity contribution is -0.138. The van der Waals surface area contributed by atoms with E-state index in [9.17, 15) is 31.1 Å². The molecule has 6 rings (SSSR count). The van der Waals surface area contributed by atoms with E-state index >= 15 is 0 Å². The molecule has 1 aliphatic carbocycles. The van der Waals surface area contributed by atoms with Crippen LogP contribution in [0.1, 0.15) is 77.3 Å². The van der Waals surface area contributed by atoms with Gasteiger partial charge in [-0.1, -0.05) is 23.4 Å². The van der Waals surface area contributed by atoms with Gasteiger partial charge in [0.2, 0.25) is 0 Å². The highest BCUT2D eigenvalue weighted by Crippen LogP contribution is 2.47. The normalized spacial score (nSPS) is 22.5. The van der Waals surface area contributed by atoms with Crippen LogP contribution in [-0.4, -0.2) is 41.4 Å². The quantitative estimate of drug-likeness (QED) is 0.212. The van der Waals surface area contributed by atoms with Crippen molar-refractivity contribution < 1.29 is 45.1 Å². The Bertz CT molecular complexity index is 1470. The minimum atomic E-state index is -4.78. The van der Waals surface area contributed by atoms with E-state index in [1.807, 2.05) is 4.90 Å². The number of carbonyl (C=O) groups excluding carboxylic acids is 1. The first-order valence-corrected chi connectivity index (χ1v) is 13.7. The van der Waals surface area contributed by atoms with Gasteiger partial charge in [0.1, 0.15) is 17.3 Å². The van der Waals surface area contributed by atoms with Crippen LogP contribution in [0.15, 0.2) is 41.1 Å². The summed E-state index contributed by atoms with van der Waals surface area (Å²) in [5.74, 6) is -0.366. The van der Waals surface area contributed by atoms with Gasteiger partial charge >= 0.3 is 18.3 Å². The molecule has 2 aliphatic heterocycles. The Morgan fingerprint density at radius 2 is 1.67 bits per heavy atom. The fraction of sp³-hybridized carbons (Fsp3) is 0.483. The fourth-order valence-corrected chi connectivity index (χ4v) is 6.21. The molecule has 2 saturated heterocycles. The van der Waals surface area contributed by atoms with Gasteiger partial charge in [-0.05, 0) is 50.7 Å². The number of hydrogen-bond donors (Lipinski definition) is 0. The third-order valence-electron chi connectivity index (χ3n) is 8.27. The van der Waals surface area contributed by atoms with Gasteiger partial charge in [0.05, 0.1) is 36.5 Å². The summed E-state index contributed by atoms with van der Waals surface area (Å²) in [5.41, 5.74) is -2.03. The molecule has 224 valence electrons. The van der Waals surface area contributed by atoms with Gasteiger partial charge in [0, 0.05) is 35.3 Å². The maximum Gasteiger partial charge on any atom is 0.417 e. The standard InChI is InChI=1S/C29H27F6N3O4/c1-40-27(39)20-13-36-24(12-23(20)29(33,34)35)38-16-8-9-17(38)11-18(10-16)41-14-21-25(37-42-26(21)15-6-7-15)19-4-2-3-5-22(19)28(30,31)32/h2-5,12-13,15-18H,6-11,14H2,1H3/t16-,17+,18?. The molecule has 3 aliphatic rings. The molecule has 13 heteroatoms. The highest BCUT2D eigenvalue weighted by Gasteiger charge is 2.44. The predicted molar refractivity (Wildman–Crippen MR) is 137 cm³/mol. The van der Waals surface area contributed by atoms with Crippen molar-refractivity contribution in [2.24, 2.45) is 0 Å². The molecule has 0 radical (unpaired) electrons. The number of anilines is 1. The van der Waals surface area contributed by atoms with Crippen LogP contribution in [0, 0.1) is 0 Å². The number of rotatable bonds is 7. The maximum absolute atomic E-state index is 13.8. The average molecular weight is 596 g/mol. The predicted octanol–water partition coefficient (Wildman–Crippen LogP) is 7.15. The molecule has 4 heterocycles. The zero-order valence-corrected chi connectivity index (χ0v) is 22.5. The Labute approximate surface area is 236 Å². The van der Waals surface area contributed by atoms with Crippen molar-refractivity contribution in [1.82, 2.24) is 10.1 Å². The largest absolute Gasteiger partial charge is 0.465 e. The Morgan fingerprint density at radius 3 is 2.29 bits per heavy atom. The van der Waals surface area contributed by atoms with Crippen molar-refractivity contribution in [2.45, 2.75) is 81.6 Å². The van der Waals surface area contributed by atoms with Gasteiger partial charge in [0.25, 0.3) is 0 Å². The van der Waals surface area contributed by atoms with Gasteiger partial charge in [-0.3, -0.25) is 0 Å². The van der Waals surface area contributed by atoms with Crippen LogP contribution in [0.2, 0.25) is 0 Å². The number of piperidine rings is 1. The average Bonchev–Trinajstić information content (AvgIpc) is 3.65. The Balaban J connectivity index is 1.22. The lowest BCUT2D eigenvalue weighted by Crippen LogP contribution is -2.46. The van der Waals surface area contributed by atoms with E-state index < -0.39 is 35.0 Å². The fourth-order valence-electron chi connectivity index (χ4n) is 6.21. The first kappa shape index (κ1) is 28.5. The second-order valence-electron chi connectivity index (χ2n) is 11.0. The number of fused-ring (bicyclic) bond motifs is 2. The van der Waals surface area contributed by atoms with E-state index in [0.717, 1.165) is 51.1 Å². The van der Waals surface area contributed by atoms with E-state index in [0.29, 0.717) is 24.2 Å². The maximum atomic E-state index is 13.8. The van der Waals surface area contributed by atoms with E-state index in [-0.39, 0.29) is 47.8 Å². The van der Waals surface area contributed by atoms with Crippen LogP contribution in [0.3, 0.4) is 0 Å². The molecule has 3 aromatic rings. The number of methoxy groups -OCH3 is 1. The minimum Gasteiger partial charge on any atom is -0.465 e. The molecule has 2 bridgehead atoms. The van der Waals surface area contributed by atoms with Gasteiger partial charge < -0.3 is 18.9 Å². The van der Waals surface area contributed by atoms with Crippen LogP contribution >= 0.6 is 0 Å². The summed E-state index contributed by atoms with van der Waals surface area (Å²) in [7, 11) is 1.01. The number of alkyl halides is 6.